The number of nitrogens with zero attached hydrogens (tertiary/aromatic N) is 2. The van der Waals surface area contributed by atoms with Crippen LogP contribution in [0.25, 0.3) is 21.9 Å². The van der Waals surface area contributed by atoms with Crippen molar-refractivity contribution >= 4 is 39.7 Å². The summed E-state index contributed by atoms with van der Waals surface area (Å²) in [5.41, 5.74) is 4.20. The number of aromatic amines is 1. The van der Waals surface area contributed by atoms with Gasteiger partial charge in [-0.15, -0.1) is 0 Å². The summed E-state index contributed by atoms with van der Waals surface area (Å²) in [5.74, 6) is -0.181. The molecule has 5 rings (SSSR count). The van der Waals surface area contributed by atoms with E-state index in [0.29, 0.717) is 28.4 Å². The summed E-state index contributed by atoms with van der Waals surface area (Å²) in [7, 11) is 0. The Kier molecular flexibility index (Phi) is 5.74. The van der Waals surface area contributed by atoms with Gasteiger partial charge in [-0.25, -0.2) is 0 Å². The monoisotopic (exact) mass is 458 g/mol. The van der Waals surface area contributed by atoms with Crippen LogP contribution in [0.4, 0.5) is 11.4 Å². The molecule has 0 saturated carbocycles. The largest absolute Gasteiger partial charge is 0.494 e. The van der Waals surface area contributed by atoms with E-state index in [1.54, 1.807) is 23.6 Å². The first-order valence-electron chi connectivity index (χ1n) is 11.0. The number of thiophene rings is 1. The highest BCUT2D eigenvalue weighted by Crippen LogP contribution is 2.29. The molecule has 1 saturated heterocycles. The maximum atomic E-state index is 12.4. The van der Waals surface area contributed by atoms with Gasteiger partial charge >= 0.3 is 0 Å². The zero-order valence-electron chi connectivity index (χ0n) is 18.6. The Labute approximate surface area is 196 Å². The van der Waals surface area contributed by atoms with E-state index in [1.807, 2.05) is 35.7 Å². The van der Waals surface area contributed by atoms with Crippen LogP contribution in [0.1, 0.15) is 19.4 Å². The molecule has 0 unspecified atom stereocenters. The second-order valence-electron chi connectivity index (χ2n) is 8.64. The van der Waals surface area contributed by atoms with Gasteiger partial charge < -0.3 is 15.3 Å². The smallest absolute Gasteiger partial charge is 0.258 e. The third-order valence-electron chi connectivity index (χ3n) is 6.01. The lowest BCUT2D eigenvalue weighted by atomic mass is 10.0. The number of pyridine rings is 1. The lowest BCUT2D eigenvalue weighted by Crippen LogP contribution is -2.54. The van der Waals surface area contributed by atoms with Gasteiger partial charge in [0.2, 0.25) is 5.88 Å². The Hall–Kier alpha value is -3.42. The van der Waals surface area contributed by atoms with Crippen molar-refractivity contribution in [1.82, 2.24) is 10.3 Å². The molecule has 0 aliphatic carbocycles. The Balaban J connectivity index is 1.46. The molecule has 168 valence electrons. The van der Waals surface area contributed by atoms with Gasteiger partial charge in [0.15, 0.2) is 0 Å². The van der Waals surface area contributed by atoms with Crippen LogP contribution in [0.2, 0.25) is 0 Å². The first-order chi connectivity index (χ1) is 16.0. The van der Waals surface area contributed by atoms with E-state index in [1.165, 1.54) is 5.69 Å². The molecule has 3 N–H and O–H groups in total. The fourth-order valence-electron chi connectivity index (χ4n) is 4.50. The van der Waals surface area contributed by atoms with Crippen LogP contribution in [0.3, 0.4) is 0 Å². The molecular formula is C26H26N4O2S. The molecule has 2 aromatic carbocycles. The van der Waals surface area contributed by atoms with E-state index >= 15 is 0 Å². The molecule has 3 heterocycles. The number of nitrogens with one attached hydrogen (secondary N) is 2. The van der Waals surface area contributed by atoms with Crippen molar-refractivity contribution in [2.45, 2.75) is 25.9 Å². The first kappa shape index (κ1) is 21.4. The second kappa shape index (κ2) is 8.84. The van der Waals surface area contributed by atoms with E-state index in [-0.39, 0.29) is 11.4 Å². The van der Waals surface area contributed by atoms with Crippen molar-refractivity contribution in [2.24, 2.45) is 4.99 Å². The molecule has 4 aromatic rings. The quantitative estimate of drug-likeness (QED) is 0.380. The minimum Gasteiger partial charge on any atom is -0.494 e. The molecule has 1 aliphatic rings. The Bertz CT molecular complexity index is 1350. The summed E-state index contributed by atoms with van der Waals surface area (Å²) < 4.78 is 0. The van der Waals surface area contributed by atoms with E-state index in [4.69, 9.17) is 0 Å². The Morgan fingerprint density at radius 3 is 2.48 bits per heavy atom. The summed E-state index contributed by atoms with van der Waals surface area (Å²) in [6, 6.07) is 16.7. The summed E-state index contributed by atoms with van der Waals surface area (Å²) in [4.78, 5) is 21.9. The predicted molar refractivity (Wildman–Crippen MR) is 138 cm³/mol. The molecule has 7 heteroatoms. The number of benzene rings is 2. The van der Waals surface area contributed by atoms with Crippen LogP contribution in [-0.2, 0) is 0 Å². The van der Waals surface area contributed by atoms with Gasteiger partial charge in [-0.3, -0.25) is 14.8 Å². The number of rotatable bonds is 4. The number of fused-ring (bicyclic) bond motifs is 1. The molecule has 0 amide bonds. The van der Waals surface area contributed by atoms with Gasteiger partial charge in [0.25, 0.3) is 5.56 Å². The van der Waals surface area contributed by atoms with Crippen LogP contribution in [-0.4, -0.2) is 41.5 Å². The maximum absolute atomic E-state index is 12.4. The lowest BCUT2D eigenvalue weighted by molar-refractivity contribution is 0.407. The maximum Gasteiger partial charge on any atom is 0.258 e. The number of piperazine rings is 1. The van der Waals surface area contributed by atoms with E-state index in [9.17, 15) is 9.90 Å². The fraction of sp³-hybridized carbons (Fsp3) is 0.231. The van der Waals surface area contributed by atoms with Crippen molar-refractivity contribution in [3.05, 3.63) is 75.2 Å². The summed E-state index contributed by atoms with van der Waals surface area (Å²) in [6.45, 7) is 6.34. The normalized spacial score (nSPS) is 18.9. The van der Waals surface area contributed by atoms with Crippen LogP contribution in [0, 0.1) is 0 Å². The average molecular weight is 459 g/mol. The topological polar surface area (TPSA) is 80.7 Å². The number of hydrogen-bond donors (Lipinski definition) is 3. The predicted octanol–water partition coefficient (Wildman–Crippen LogP) is 4.90. The molecule has 2 aromatic heterocycles. The van der Waals surface area contributed by atoms with E-state index in [0.717, 1.165) is 29.9 Å². The standard InChI is InChI=1S/C26H26N4O2S/c1-16-13-30(14-17(2)28-16)21-6-4-20(5-7-21)27-12-24-23-11-18(19-9-10-33-15-19)3-8-22(23)25(31)29-26(24)32/h3-12,15-17,28H,13-14H2,1-2H3,(H2,29,31,32)/t16-,17+. The molecule has 33 heavy (non-hydrogen) atoms. The van der Waals surface area contributed by atoms with Crippen LogP contribution in [0.5, 0.6) is 5.88 Å². The van der Waals surface area contributed by atoms with Gasteiger partial charge in [0, 0.05) is 47.8 Å². The van der Waals surface area contributed by atoms with Crippen LogP contribution in [0.15, 0.2) is 69.1 Å². The number of aromatic hydroxyl groups is 1. The summed E-state index contributed by atoms with van der Waals surface area (Å²) in [6.07, 6.45) is 1.62. The molecule has 6 nitrogen and oxygen atoms in total. The number of aromatic nitrogens is 1. The molecule has 0 spiro atoms. The molecule has 1 aliphatic heterocycles. The van der Waals surface area contributed by atoms with Gasteiger partial charge in [-0.1, -0.05) is 6.07 Å². The van der Waals surface area contributed by atoms with Crippen LogP contribution >= 0.6 is 11.3 Å². The lowest BCUT2D eigenvalue weighted by Gasteiger charge is -2.37. The molecule has 1 fully saturated rings. The van der Waals surface area contributed by atoms with Gasteiger partial charge in [0.1, 0.15) is 0 Å². The third kappa shape index (κ3) is 4.42. The van der Waals surface area contributed by atoms with Gasteiger partial charge in [0.05, 0.1) is 11.3 Å². The fourth-order valence-corrected chi connectivity index (χ4v) is 5.17. The first-order valence-corrected chi connectivity index (χ1v) is 12.0. The number of anilines is 1. The van der Waals surface area contributed by atoms with E-state index < -0.39 is 0 Å². The molecule has 0 bridgehead atoms. The number of hydrogen-bond acceptors (Lipinski definition) is 6. The number of H-pyrrole nitrogens is 1. The number of aliphatic imine (C=N–C) groups is 1. The zero-order valence-corrected chi connectivity index (χ0v) is 19.4. The zero-order chi connectivity index (χ0) is 22.9. The highest BCUT2D eigenvalue weighted by molar-refractivity contribution is 7.08. The summed E-state index contributed by atoms with van der Waals surface area (Å²) in [5, 5.41) is 19.3. The third-order valence-corrected chi connectivity index (χ3v) is 6.69. The Morgan fingerprint density at radius 2 is 1.79 bits per heavy atom. The van der Waals surface area contributed by atoms with Crippen molar-refractivity contribution in [1.29, 1.82) is 0 Å². The minimum absolute atomic E-state index is 0.181. The average Bonchev–Trinajstić information content (AvgIpc) is 3.33. The van der Waals surface area contributed by atoms with Crippen molar-refractivity contribution in [3.63, 3.8) is 0 Å². The van der Waals surface area contributed by atoms with Crippen LogP contribution < -0.4 is 15.8 Å². The highest BCUT2D eigenvalue weighted by atomic mass is 32.1. The van der Waals surface area contributed by atoms with Crippen molar-refractivity contribution in [2.75, 3.05) is 18.0 Å². The summed E-state index contributed by atoms with van der Waals surface area (Å²) >= 11 is 1.62. The minimum atomic E-state index is -0.319. The molecular weight excluding hydrogens is 432 g/mol. The van der Waals surface area contributed by atoms with Gasteiger partial charge in [-0.05, 0) is 78.2 Å². The molecule has 0 radical (unpaired) electrons. The van der Waals surface area contributed by atoms with Crippen molar-refractivity contribution in [3.8, 4) is 17.0 Å². The Morgan fingerprint density at radius 1 is 1.03 bits per heavy atom. The molecule has 2 atom stereocenters. The van der Waals surface area contributed by atoms with Crippen molar-refractivity contribution < 1.29 is 5.11 Å². The second-order valence-corrected chi connectivity index (χ2v) is 9.42. The van der Waals surface area contributed by atoms with Gasteiger partial charge in [-0.2, -0.15) is 11.3 Å². The SMILES string of the molecule is C[C@@H]1CN(c2ccc(N=Cc3c(O)[nH]c(=O)c4ccc(-c5ccsc5)cc34)cc2)C[C@H](C)N1. The van der Waals surface area contributed by atoms with E-state index in [2.05, 4.69) is 51.6 Å². The highest BCUT2D eigenvalue weighted by Gasteiger charge is 2.20.